The molecule has 2 N–H and O–H groups in total. The van der Waals surface area contributed by atoms with Crippen molar-refractivity contribution in [2.24, 2.45) is 4.99 Å². The highest BCUT2D eigenvalue weighted by atomic mass is 32.1. The van der Waals surface area contributed by atoms with Gasteiger partial charge in [0.1, 0.15) is 17.6 Å². The zero-order valence-electron chi connectivity index (χ0n) is 17.9. The summed E-state index contributed by atoms with van der Waals surface area (Å²) >= 11 is 1.64. The number of rotatable bonds is 8. The summed E-state index contributed by atoms with van der Waals surface area (Å²) in [6, 6.07) is 4.17. The Morgan fingerprint density at radius 3 is 2.86 bits per heavy atom. The molecule has 0 spiro atoms. The fourth-order valence-corrected chi connectivity index (χ4v) is 3.92. The second-order valence-electron chi connectivity index (χ2n) is 7.20. The van der Waals surface area contributed by atoms with Gasteiger partial charge in [0.05, 0.1) is 25.4 Å². The Bertz CT molecular complexity index is 850. The standard InChI is InChI=1S/C21H31N5O2S/c1-6-22-20(24-12-17-13-29-21(25-17)26(4)5)23-11-16-10-19-15(8-14(3)28-19)9-18(16)27-7-2/h9-10,13-14H,6-8,11-12H2,1-5H3,(H2,22,23,24). The Morgan fingerprint density at radius 2 is 2.17 bits per heavy atom. The minimum Gasteiger partial charge on any atom is -0.494 e. The molecule has 0 bridgehead atoms. The average Bonchev–Trinajstić information content (AvgIpc) is 3.29. The van der Waals surface area contributed by atoms with Crippen molar-refractivity contribution >= 4 is 22.4 Å². The summed E-state index contributed by atoms with van der Waals surface area (Å²) in [6.07, 6.45) is 1.13. The summed E-state index contributed by atoms with van der Waals surface area (Å²) in [4.78, 5) is 11.4. The lowest BCUT2D eigenvalue weighted by Gasteiger charge is -2.13. The number of hydrogen-bond acceptors (Lipinski definition) is 6. The summed E-state index contributed by atoms with van der Waals surface area (Å²) in [5.41, 5.74) is 3.23. The monoisotopic (exact) mass is 417 g/mol. The molecule has 1 aromatic carbocycles. The van der Waals surface area contributed by atoms with E-state index in [-0.39, 0.29) is 6.10 Å². The molecule has 3 rings (SSSR count). The first-order valence-corrected chi connectivity index (χ1v) is 11.0. The molecule has 0 fully saturated rings. The van der Waals surface area contributed by atoms with E-state index in [4.69, 9.17) is 14.5 Å². The van der Waals surface area contributed by atoms with Gasteiger partial charge in [-0.2, -0.15) is 0 Å². The van der Waals surface area contributed by atoms with Crippen LogP contribution in [-0.4, -0.2) is 44.3 Å². The van der Waals surface area contributed by atoms with Crippen molar-refractivity contribution in [1.82, 2.24) is 15.6 Å². The number of aromatic nitrogens is 1. The molecule has 7 nitrogen and oxygen atoms in total. The summed E-state index contributed by atoms with van der Waals surface area (Å²) in [5.74, 6) is 2.59. The molecule has 0 saturated carbocycles. The molecule has 8 heteroatoms. The third kappa shape index (κ3) is 5.53. The van der Waals surface area contributed by atoms with E-state index in [9.17, 15) is 0 Å². The number of hydrogen-bond donors (Lipinski definition) is 2. The topological polar surface area (TPSA) is 71.0 Å². The molecule has 0 radical (unpaired) electrons. The quantitative estimate of drug-likeness (QED) is 0.508. The van der Waals surface area contributed by atoms with Crippen LogP contribution in [0.25, 0.3) is 0 Å². The zero-order chi connectivity index (χ0) is 20.8. The minimum atomic E-state index is 0.211. The summed E-state index contributed by atoms with van der Waals surface area (Å²) in [6.45, 7) is 8.69. The number of ether oxygens (including phenoxy) is 2. The third-order valence-corrected chi connectivity index (χ3v) is 5.55. The Labute approximate surface area is 177 Å². The van der Waals surface area contributed by atoms with E-state index in [0.29, 0.717) is 19.7 Å². The molecular weight excluding hydrogens is 386 g/mol. The van der Waals surface area contributed by atoms with Crippen LogP contribution in [0.1, 0.15) is 37.6 Å². The highest BCUT2D eigenvalue weighted by Crippen LogP contribution is 2.35. The Balaban J connectivity index is 1.71. The largest absolute Gasteiger partial charge is 0.494 e. The maximum Gasteiger partial charge on any atom is 0.191 e. The smallest absolute Gasteiger partial charge is 0.191 e. The van der Waals surface area contributed by atoms with Crippen molar-refractivity contribution in [3.63, 3.8) is 0 Å². The third-order valence-electron chi connectivity index (χ3n) is 4.49. The van der Waals surface area contributed by atoms with Gasteiger partial charge in [-0.15, -0.1) is 11.3 Å². The van der Waals surface area contributed by atoms with Gasteiger partial charge in [-0.05, 0) is 32.9 Å². The Kier molecular flexibility index (Phi) is 7.19. The number of nitrogens with zero attached hydrogens (tertiary/aromatic N) is 3. The van der Waals surface area contributed by atoms with Crippen LogP contribution in [0.4, 0.5) is 5.13 Å². The van der Waals surface area contributed by atoms with Gasteiger partial charge in [-0.3, -0.25) is 0 Å². The van der Waals surface area contributed by atoms with E-state index in [1.54, 1.807) is 11.3 Å². The molecule has 0 saturated heterocycles. The molecule has 1 atom stereocenters. The first kappa shape index (κ1) is 21.2. The molecule has 2 heterocycles. The van der Waals surface area contributed by atoms with E-state index < -0.39 is 0 Å². The molecule has 1 unspecified atom stereocenters. The van der Waals surface area contributed by atoms with Crippen molar-refractivity contribution in [1.29, 1.82) is 0 Å². The van der Waals surface area contributed by atoms with Crippen LogP contribution in [-0.2, 0) is 19.5 Å². The summed E-state index contributed by atoms with van der Waals surface area (Å²) in [5, 5.41) is 9.72. The molecule has 0 aliphatic carbocycles. The normalized spacial score (nSPS) is 15.6. The fourth-order valence-electron chi connectivity index (χ4n) is 3.16. The van der Waals surface area contributed by atoms with Crippen molar-refractivity contribution in [3.8, 4) is 11.5 Å². The van der Waals surface area contributed by atoms with Gasteiger partial charge in [0.15, 0.2) is 11.1 Å². The molecular formula is C21H31N5O2S. The van der Waals surface area contributed by atoms with Crippen LogP contribution in [0.15, 0.2) is 22.5 Å². The van der Waals surface area contributed by atoms with Gasteiger partial charge in [0, 0.05) is 43.6 Å². The molecule has 1 aromatic heterocycles. The fraction of sp³-hybridized carbons (Fsp3) is 0.524. The van der Waals surface area contributed by atoms with Gasteiger partial charge in [-0.25, -0.2) is 9.98 Å². The Morgan fingerprint density at radius 1 is 1.34 bits per heavy atom. The number of guanidine groups is 1. The number of aliphatic imine (C=N–C) groups is 1. The van der Waals surface area contributed by atoms with Crippen LogP contribution in [0.3, 0.4) is 0 Å². The van der Waals surface area contributed by atoms with Crippen molar-refractivity contribution in [2.45, 2.75) is 46.4 Å². The maximum atomic E-state index is 5.92. The molecule has 0 amide bonds. The van der Waals surface area contributed by atoms with Gasteiger partial charge in [-0.1, -0.05) is 0 Å². The van der Waals surface area contributed by atoms with Gasteiger partial charge >= 0.3 is 0 Å². The van der Waals surface area contributed by atoms with Crippen LogP contribution in [0.2, 0.25) is 0 Å². The van der Waals surface area contributed by atoms with E-state index in [0.717, 1.165) is 46.8 Å². The SMILES string of the molecule is CCNC(=NCc1cc2c(cc1OCC)CC(C)O2)NCc1csc(N(C)C)n1. The van der Waals surface area contributed by atoms with Crippen LogP contribution in [0, 0.1) is 0 Å². The average molecular weight is 418 g/mol. The van der Waals surface area contributed by atoms with E-state index in [1.807, 2.05) is 25.9 Å². The highest BCUT2D eigenvalue weighted by molar-refractivity contribution is 7.13. The number of benzene rings is 1. The van der Waals surface area contributed by atoms with Gasteiger partial charge in [0.25, 0.3) is 0 Å². The lowest BCUT2D eigenvalue weighted by atomic mass is 10.1. The van der Waals surface area contributed by atoms with Crippen LogP contribution >= 0.6 is 11.3 Å². The second-order valence-corrected chi connectivity index (χ2v) is 8.03. The van der Waals surface area contributed by atoms with Crippen molar-refractivity contribution in [2.75, 3.05) is 32.1 Å². The number of thiazole rings is 1. The molecule has 1 aliphatic heterocycles. The van der Waals surface area contributed by atoms with Crippen LogP contribution < -0.4 is 25.0 Å². The minimum absolute atomic E-state index is 0.211. The number of anilines is 1. The van der Waals surface area contributed by atoms with E-state index >= 15 is 0 Å². The lowest BCUT2D eigenvalue weighted by molar-refractivity contribution is 0.254. The first-order valence-electron chi connectivity index (χ1n) is 10.1. The predicted octanol–water partition coefficient (Wildman–Crippen LogP) is 3.19. The lowest BCUT2D eigenvalue weighted by Crippen LogP contribution is -2.36. The predicted molar refractivity (Wildman–Crippen MR) is 120 cm³/mol. The zero-order valence-corrected chi connectivity index (χ0v) is 18.7. The van der Waals surface area contributed by atoms with Gasteiger partial charge in [0.2, 0.25) is 0 Å². The summed E-state index contributed by atoms with van der Waals surface area (Å²) in [7, 11) is 4.00. The number of nitrogens with one attached hydrogen (secondary N) is 2. The first-order chi connectivity index (χ1) is 14.0. The van der Waals surface area contributed by atoms with Crippen molar-refractivity contribution in [3.05, 3.63) is 34.3 Å². The Hall–Kier alpha value is -2.48. The molecule has 158 valence electrons. The van der Waals surface area contributed by atoms with Gasteiger partial charge < -0.3 is 25.0 Å². The van der Waals surface area contributed by atoms with Crippen LogP contribution in [0.5, 0.6) is 11.5 Å². The van der Waals surface area contributed by atoms with Crippen molar-refractivity contribution < 1.29 is 9.47 Å². The summed E-state index contributed by atoms with van der Waals surface area (Å²) < 4.78 is 11.8. The number of fused-ring (bicyclic) bond motifs is 1. The highest BCUT2D eigenvalue weighted by Gasteiger charge is 2.21. The van der Waals surface area contributed by atoms with E-state index in [2.05, 4.69) is 47.0 Å². The van der Waals surface area contributed by atoms with E-state index in [1.165, 1.54) is 5.56 Å². The molecule has 1 aliphatic rings. The molecule has 2 aromatic rings. The maximum absolute atomic E-state index is 5.92. The second kappa shape index (κ2) is 9.82. The molecule has 29 heavy (non-hydrogen) atoms.